The molecule has 7 nitrogen and oxygen atoms in total. The third-order valence-corrected chi connectivity index (χ3v) is 5.04. The van der Waals surface area contributed by atoms with E-state index in [1.54, 1.807) is 4.90 Å². The molecule has 0 saturated carbocycles. The predicted molar refractivity (Wildman–Crippen MR) is 89.3 cm³/mol. The summed E-state index contributed by atoms with van der Waals surface area (Å²) in [4.78, 5) is 25.9. The van der Waals surface area contributed by atoms with Crippen molar-refractivity contribution in [2.75, 3.05) is 6.54 Å². The fraction of sp³-hybridized carbons (Fsp3) is 0.765. The zero-order chi connectivity index (χ0) is 19.3. The minimum atomic E-state index is -2.56. The first-order chi connectivity index (χ1) is 12.3. The highest BCUT2D eigenvalue weighted by atomic mass is 19.3. The van der Waals surface area contributed by atoms with Crippen LogP contribution in [-0.4, -0.2) is 56.2 Å². The third kappa shape index (κ3) is 5.30. The maximum absolute atomic E-state index is 12.4. The van der Waals surface area contributed by atoms with Crippen LogP contribution in [0, 0.1) is 11.8 Å². The number of amides is 1. The molecule has 1 amide bonds. The standard InChI is InChI=1S/C17H26F2N4O3/c1-11(6-15(25)14-8-20-23(21-14)9-16(18)19)12(2)7-17(26)22-5-3-4-13(22)10-24/h8,10-13,15-16,25H,3-7,9H2,1-2H3. The lowest BCUT2D eigenvalue weighted by Gasteiger charge is -2.26. The number of alkyl halides is 2. The number of carbonyl (C=O) groups excluding carboxylic acids is 2. The Kier molecular flexibility index (Phi) is 7.19. The molecule has 1 saturated heterocycles. The van der Waals surface area contributed by atoms with E-state index in [-0.39, 0.29) is 29.5 Å². The molecule has 1 aliphatic rings. The maximum atomic E-state index is 12.4. The van der Waals surface area contributed by atoms with Gasteiger partial charge in [-0.15, -0.1) is 0 Å². The SMILES string of the molecule is CC(CC(=O)N1CCCC1C=O)C(C)CC(O)c1cnn(CC(F)F)n1. The van der Waals surface area contributed by atoms with Crippen LogP contribution in [0.15, 0.2) is 6.20 Å². The van der Waals surface area contributed by atoms with Crippen molar-refractivity contribution in [2.24, 2.45) is 11.8 Å². The smallest absolute Gasteiger partial charge is 0.259 e. The molecule has 146 valence electrons. The van der Waals surface area contributed by atoms with Crippen LogP contribution >= 0.6 is 0 Å². The lowest BCUT2D eigenvalue weighted by atomic mass is 9.87. The van der Waals surface area contributed by atoms with Gasteiger partial charge in [0.2, 0.25) is 5.91 Å². The van der Waals surface area contributed by atoms with Crippen molar-refractivity contribution in [3.05, 3.63) is 11.9 Å². The number of aliphatic hydroxyl groups is 1. The molecular formula is C17H26F2N4O3. The van der Waals surface area contributed by atoms with Crippen molar-refractivity contribution in [3.63, 3.8) is 0 Å². The van der Waals surface area contributed by atoms with Crippen LogP contribution in [0.25, 0.3) is 0 Å². The Morgan fingerprint density at radius 3 is 2.81 bits per heavy atom. The van der Waals surface area contributed by atoms with Crippen LogP contribution in [0.4, 0.5) is 8.78 Å². The molecule has 9 heteroatoms. The van der Waals surface area contributed by atoms with Gasteiger partial charge in [0.05, 0.1) is 18.3 Å². The number of halogens is 2. The van der Waals surface area contributed by atoms with Gasteiger partial charge in [-0.2, -0.15) is 15.0 Å². The van der Waals surface area contributed by atoms with Gasteiger partial charge in [-0.25, -0.2) is 8.78 Å². The first kappa shape index (κ1) is 20.4. The molecule has 2 rings (SSSR count). The zero-order valence-corrected chi connectivity index (χ0v) is 15.1. The van der Waals surface area contributed by atoms with Crippen molar-refractivity contribution in [3.8, 4) is 0 Å². The number of hydrogen-bond donors (Lipinski definition) is 1. The molecule has 0 aliphatic carbocycles. The summed E-state index contributed by atoms with van der Waals surface area (Å²) >= 11 is 0. The van der Waals surface area contributed by atoms with E-state index < -0.39 is 19.1 Å². The Labute approximate surface area is 151 Å². The van der Waals surface area contributed by atoms with E-state index in [0.29, 0.717) is 25.8 Å². The summed E-state index contributed by atoms with van der Waals surface area (Å²) in [5.74, 6) is -0.0380. The van der Waals surface area contributed by atoms with Crippen LogP contribution in [-0.2, 0) is 16.1 Å². The number of aromatic nitrogens is 3. The summed E-state index contributed by atoms with van der Waals surface area (Å²) in [5, 5.41) is 17.9. The Morgan fingerprint density at radius 2 is 2.15 bits per heavy atom. The van der Waals surface area contributed by atoms with Crippen molar-refractivity contribution in [1.29, 1.82) is 0 Å². The van der Waals surface area contributed by atoms with Gasteiger partial charge in [0.15, 0.2) is 0 Å². The minimum absolute atomic E-state index is 0.00107. The second kappa shape index (κ2) is 9.16. The molecule has 0 radical (unpaired) electrons. The van der Waals surface area contributed by atoms with E-state index in [1.165, 1.54) is 6.20 Å². The summed E-state index contributed by atoms with van der Waals surface area (Å²) in [6, 6.07) is -0.319. The molecule has 1 aromatic rings. The number of hydrogen-bond acceptors (Lipinski definition) is 5. The summed E-state index contributed by atoms with van der Waals surface area (Å²) in [6.45, 7) is 3.85. The van der Waals surface area contributed by atoms with Gasteiger partial charge in [0.25, 0.3) is 6.43 Å². The van der Waals surface area contributed by atoms with Crippen LogP contribution in [0.3, 0.4) is 0 Å². The fourth-order valence-corrected chi connectivity index (χ4v) is 3.22. The van der Waals surface area contributed by atoms with Gasteiger partial charge in [-0.1, -0.05) is 13.8 Å². The minimum Gasteiger partial charge on any atom is -0.387 e. The molecule has 1 fully saturated rings. The zero-order valence-electron chi connectivity index (χ0n) is 15.1. The van der Waals surface area contributed by atoms with Gasteiger partial charge >= 0.3 is 0 Å². The van der Waals surface area contributed by atoms with Gasteiger partial charge < -0.3 is 14.8 Å². The molecule has 1 aromatic heterocycles. The first-order valence-corrected chi connectivity index (χ1v) is 8.92. The maximum Gasteiger partial charge on any atom is 0.259 e. The van der Waals surface area contributed by atoms with Crippen molar-refractivity contribution >= 4 is 12.2 Å². The average molecular weight is 372 g/mol. The van der Waals surface area contributed by atoms with Gasteiger partial charge in [-0.3, -0.25) is 4.79 Å². The quantitative estimate of drug-likeness (QED) is 0.668. The molecule has 1 aliphatic heterocycles. The van der Waals surface area contributed by atoms with Gasteiger partial charge in [0, 0.05) is 13.0 Å². The van der Waals surface area contributed by atoms with E-state index in [2.05, 4.69) is 10.2 Å². The van der Waals surface area contributed by atoms with Crippen molar-refractivity contribution < 1.29 is 23.5 Å². The summed E-state index contributed by atoms with van der Waals surface area (Å²) in [7, 11) is 0. The van der Waals surface area contributed by atoms with E-state index in [0.717, 1.165) is 17.5 Å². The molecule has 1 N–H and O–H groups in total. The summed E-state index contributed by atoms with van der Waals surface area (Å²) < 4.78 is 24.7. The average Bonchev–Trinajstić information content (AvgIpc) is 3.22. The highest BCUT2D eigenvalue weighted by Crippen LogP contribution is 2.28. The number of likely N-dealkylation sites (tertiary alicyclic amines) is 1. The highest BCUT2D eigenvalue weighted by molar-refractivity contribution is 5.80. The lowest BCUT2D eigenvalue weighted by molar-refractivity contribution is -0.135. The normalized spacial score (nSPS) is 21.0. The van der Waals surface area contributed by atoms with Crippen molar-refractivity contribution in [2.45, 2.75) is 64.6 Å². The number of carbonyl (C=O) groups is 2. The molecular weight excluding hydrogens is 346 g/mol. The molecule has 4 unspecified atom stereocenters. The molecule has 26 heavy (non-hydrogen) atoms. The van der Waals surface area contributed by atoms with Crippen LogP contribution < -0.4 is 0 Å². The molecule has 2 heterocycles. The largest absolute Gasteiger partial charge is 0.387 e. The second-order valence-corrected chi connectivity index (χ2v) is 7.06. The first-order valence-electron chi connectivity index (χ1n) is 8.92. The summed E-state index contributed by atoms with van der Waals surface area (Å²) in [5.41, 5.74) is 0.247. The van der Waals surface area contributed by atoms with E-state index in [1.807, 2.05) is 13.8 Å². The fourth-order valence-electron chi connectivity index (χ4n) is 3.22. The Morgan fingerprint density at radius 1 is 1.42 bits per heavy atom. The topological polar surface area (TPSA) is 88.3 Å². The van der Waals surface area contributed by atoms with Gasteiger partial charge in [0.1, 0.15) is 18.5 Å². The molecule has 0 spiro atoms. The highest BCUT2D eigenvalue weighted by Gasteiger charge is 2.30. The van der Waals surface area contributed by atoms with Crippen LogP contribution in [0.2, 0.25) is 0 Å². The van der Waals surface area contributed by atoms with E-state index >= 15 is 0 Å². The van der Waals surface area contributed by atoms with Crippen LogP contribution in [0.5, 0.6) is 0 Å². The monoisotopic (exact) mass is 372 g/mol. The van der Waals surface area contributed by atoms with E-state index in [4.69, 9.17) is 0 Å². The number of aliphatic hydroxyl groups excluding tert-OH is 1. The Hall–Kier alpha value is -1.90. The number of aldehydes is 1. The predicted octanol–water partition coefficient (Wildman–Crippen LogP) is 1.82. The third-order valence-electron chi connectivity index (χ3n) is 5.04. The Balaban J connectivity index is 1.85. The van der Waals surface area contributed by atoms with Crippen molar-refractivity contribution in [1.82, 2.24) is 19.9 Å². The molecule has 4 atom stereocenters. The molecule has 0 aromatic carbocycles. The second-order valence-electron chi connectivity index (χ2n) is 7.06. The number of nitrogens with zero attached hydrogens (tertiary/aromatic N) is 4. The lowest BCUT2D eigenvalue weighted by Crippen LogP contribution is -2.37. The summed E-state index contributed by atoms with van der Waals surface area (Å²) in [6.07, 6.45) is 0.828. The van der Waals surface area contributed by atoms with E-state index in [9.17, 15) is 23.5 Å². The van der Waals surface area contributed by atoms with Crippen LogP contribution in [0.1, 0.15) is 51.3 Å². The number of rotatable bonds is 9. The Bertz CT molecular complexity index is 611. The molecule has 0 bridgehead atoms. The van der Waals surface area contributed by atoms with Gasteiger partial charge in [-0.05, 0) is 31.1 Å².